The molecule has 582 valence electrons. The van der Waals surface area contributed by atoms with Crippen LogP contribution in [0, 0.1) is 39.0 Å². The van der Waals surface area contributed by atoms with Gasteiger partial charge in [-0.25, -0.2) is 0 Å². The summed E-state index contributed by atoms with van der Waals surface area (Å²) in [4.78, 5) is 11.8. The van der Waals surface area contributed by atoms with Gasteiger partial charge in [0.2, 0.25) is 0 Å². The predicted octanol–water partition coefficient (Wildman–Crippen LogP) is 32.6. The van der Waals surface area contributed by atoms with Gasteiger partial charge in [-0.15, -0.1) is 0 Å². The van der Waals surface area contributed by atoms with E-state index in [1.54, 1.807) is 0 Å². The van der Waals surface area contributed by atoms with Gasteiger partial charge in [-0.3, -0.25) is 4.98 Å². The highest BCUT2D eigenvalue weighted by molar-refractivity contribution is 7.99. The maximum atomic E-state index is 8.99. The Morgan fingerprint density at radius 2 is 0.533 bits per heavy atom. The lowest BCUT2D eigenvalue weighted by Gasteiger charge is -2.32. The van der Waals surface area contributed by atoms with E-state index >= 15 is 0 Å². The number of hydrogen-bond donors (Lipinski definition) is 0. The van der Waals surface area contributed by atoms with Crippen molar-refractivity contribution in [3.63, 3.8) is 0 Å². The Hall–Kier alpha value is -15.4. The van der Waals surface area contributed by atoms with Crippen molar-refractivity contribution in [2.75, 3.05) is 9.80 Å². The van der Waals surface area contributed by atoms with Crippen LogP contribution in [0.5, 0.6) is 11.5 Å². The Labute approximate surface area is 719 Å². The molecule has 6 heteroatoms. The highest BCUT2D eigenvalue weighted by Crippen LogP contribution is 2.53. The van der Waals surface area contributed by atoms with Crippen LogP contribution in [0.3, 0.4) is 0 Å². The second-order valence-corrected chi connectivity index (χ2v) is 32.0. The van der Waals surface area contributed by atoms with Gasteiger partial charge in [0, 0.05) is 38.3 Å². The fraction of sp³-hybridized carbons (Fsp3) is 0.0345. The summed E-state index contributed by atoms with van der Waals surface area (Å²) in [5.41, 5.74) is 38.0. The Kier molecular flexibility index (Phi) is 22.9. The van der Waals surface area contributed by atoms with E-state index in [4.69, 9.17) is 10.00 Å². The number of nitriles is 1. The van der Waals surface area contributed by atoms with Gasteiger partial charge in [0.15, 0.2) is 11.5 Å². The molecule has 2 aliphatic heterocycles. The molecule has 0 unspecified atom stereocenters. The van der Waals surface area contributed by atoms with Crippen LogP contribution in [0.4, 0.5) is 34.1 Å². The zero-order valence-electron chi connectivity index (χ0n) is 68.3. The molecule has 0 bridgehead atoms. The topological polar surface area (TPSA) is 52.4 Å². The van der Waals surface area contributed by atoms with Gasteiger partial charge in [0.1, 0.15) is 0 Å². The maximum Gasteiger partial charge on any atom is 0.151 e. The monoisotopic (exact) mass is 1580 g/mol. The zero-order chi connectivity index (χ0) is 82.7. The molecule has 19 aromatic rings. The predicted molar refractivity (Wildman–Crippen MR) is 513 cm³/mol. The van der Waals surface area contributed by atoms with Crippen molar-refractivity contribution in [3.05, 3.63) is 477 Å². The molecule has 0 radical (unpaired) electrons. The van der Waals surface area contributed by atoms with Crippen molar-refractivity contribution < 1.29 is 4.74 Å². The Balaban J connectivity index is 0.000000112. The molecule has 0 saturated heterocycles. The quantitative estimate of drug-likeness (QED) is 0.121. The van der Waals surface area contributed by atoms with Crippen LogP contribution in [0.15, 0.2) is 459 Å². The van der Waals surface area contributed by atoms with Gasteiger partial charge >= 0.3 is 0 Å². The van der Waals surface area contributed by atoms with Crippen molar-refractivity contribution in [2.24, 2.45) is 0 Å². The molecule has 21 rings (SSSR count). The molecule has 5 nitrogen and oxygen atoms in total. The summed E-state index contributed by atoms with van der Waals surface area (Å²) in [6.07, 6.45) is 1.86. The SMILES string of the molecule is Cc1cc(-c2ccccc2)cc(-c2ccc(-c3cccc4cccnc34)cc2)c1.Cc1cc(-c2ccccc2)cc(-c2ccc(N3c4ccccc4Oc4ccccc43)cc2)c1.Cc1cc(-c2ccccc2)cc(-c2ccc(N3c4ccccc4Sc4ccccc43)cc2)c1.Cc1cc(-c2ccccc2)cc(-c2cccc(-c3ccc(C#N)cc3)c2)c1. The molecule has 0 atom stereocenters. The Morgan fingerprint density at radius 3 is 0.943 bits per heavy atom. The van der Waals surface area contributed by atoms with E-state index in [-0.39, 0.29) is 0 Å². The minimum Gasteiger partial charge on any atom is -0.453 e. The fourth-order valence-electron chi connectivity index (χ4n) is 16.4. The molecule has 0 fully saturated rings. The second kappa shape index (κ2) is 35.8. The summed E-state index contributed by atoms with van der Waals surface area (Å²) in [5.74, 6) is 1.73. The van der Waals surface area contributed by atoms with Crippen LogP contribution >= 0.6 is 11.8 Å². The average molecular weight is 1580 g/mol. The number of nitrogens with zero attached hydrogens (tertiary/aromatic N) is 4. The first kappa shape index (κ1) is 77.8. The molecule has 122 heavy (non-hydrogen) atoms. The summed E-state index contributed by atoms with van der Waals surface area (Å²) in [5, 5.41) is 10.2. The van der Waals surface area contributed by atoms with E-state index < -0.39 is 0 Å². The van der Waals surface area contributed by atoms with Crippen LogP contribution in [-0.4, -0.2) is 4.98 Å². The van der Waals surface area contributed by atoms with E-state index in [1.165, 1.54) is 155 Å². The highest BCUT2D eigenvalue weighted by atomic mass is 32.2. The molecule has 2 aliphatic rings. The first-order chi connectivity index (χ1) is 60.0. The molecule has 0 amide bonds. The number of pyridine rings is 1. The lowest BCUT2D eigenvalue weighted by atomic mass is 9.94. The maximum absolute atomic E-state index is 8.99. The molecule has 18 aromatic carbocycles. The number of ether oxygens (including phenoxy) is 1. The summed E-state index contributed by atoms with van der Waals surface area (Å²) < 4.78 is 6.15. The van der Waals surface area contributed by atoms with Crippen LogP contribution in [0.1, 0.15) is 27.8 Å². The number of benzene rings is 18. The van der Waals surface area contributed by atoms with Crippen molar-refractivity contribution in [3.8, 4) is 129 Å². The van der Waals surface area contributed by atoms with Gasteiger partial charge in [-0.1, -0.05) is 333 Å². The van der Waals surface area contributed by atoms with E-state index in [0.29, 0.717) is 5.56 Å². The smallest absolute Gasteiger partial charge is 0.151 e. The van der Waals surface area contributed by atoms with Crippen LogP contribution in [0.2, 0.25) is 0 Å². The second-order valence-electron chi connectivity index (χ2n) is 30.9. The molecule has 0 saturated carbocycles. The third-order valence-electron chi connectivity index (χ3n) is 22.2. The molecular formula is C116H86N4OS. The lowest BCUT2D eigenvalue weighted by molar-refractivity contribution is 0.477. The van der Waals surface area contributed by atoms with Gasteiger partial charge in [0.05, 0.1) is 39.9 Å². The normalized spacial score (nSPS) is 11.4. The van der Waals surface area contributed by atoms with Crippen LogP contribution < -0.4 is 14.5 Å². The molecule has 3 heterocycles. The van der Waals surface area contributed by atoms with Crippen LogP contribution in [-0.2, 0) is 0 Å². The number of fused-ring (bicyclic) bond motifs is 5. The zero-order valence-corrected chi connectivity index (χ0v) is 69.1. The van der Waals surface area contributed by atoms with Crippen molar-refractivity contribution in [1.82, 2.24) is 4.98 Å². The van der Waals surface area contributed by atoms with E-state index in [1.807, 2.05) is 78.6 Å². The van der Waals surface area contributed by atoms with Crippen molar-refractivity contribution >= 4 is 56.8 Å². The Morgan fingerprint density at radius 1 is 0.246 bits per heavy atom. The third-order valence-corrected chi connectivity index (χ3v) is 23.4. The number of aromatic nitrogens is 1. The minimum atomic E-state index is 0.682. The number of anilines is 6. The number of aryl methyl sites for hydroxylation is 4. The average Bonchev–Trinajstić information content (AvgIpc) is 0.762. The molecule has 0 spiro atoms. The minimum absolute atomic E-state index is 0.682. The lowest BCUT2D eigenvalue weighted by Crippen LogP contribution is -2.15. The number of rotatable bonds is 12. The summed E-state index contributed by atoms with van der Waals surface area (Å²) in [6, 6.07) is 158. The van der Waals surface area contributed by atoms with Gasteiger partial charge < -0.3 is 14.5 Å². The molecule has 0 aliphatic carbocycles. The Bertz CT molecular complexity index is 6650. The molecule has 1 aromatic heterocycles. The standard InChI is InChI=1S/C31H23NO.C31H23NS.C28H21N.C26H19N/c2*1-22-19-25(23-9-3-2-4-10-23)21-26(20-22)24-15-17-27(18-16-24)32-28-11-5-7-13-30(28)33-31-14-8-6-12-29(31)32;1-20-17-25(21-7-3-2-4-8-21)19-26(18-20)22-12-14-23(15-13-22)27-11-5-9-24-10-6-16-29-28(24)27;1-19-14-25(21-6-3-2-4-7-21)17-26(15-19)24-9-5-8-23(16-24)22-12-10-20(18-27)11-13-22/h2*2-21H,1H3;2-19H,1H3;2-17H,1H3. The van der Waals surface area contributed by atoms with Crippen LogP contribution in [0.25, 0.3) is 122 Å². The largest absolute Gasteiger partial charge is 0.453 e. The summed E-state index contributed by atoms with van der Waals surface area (Å²) in [6.45, 7) is 8.63. The van der Waals surface area contributed by atoms with Gasteiger partial charge in [-0.2, -0.15) is 5.26 Å². The van der Waals surface area contributed by atoms with Gasteiger partial charge in [-0.05, 0) is 277 Å². The third kappa shape index (κ3) is 17.5. The van der Waals surface area contributed by atoms with E-state index in [9.17, 15) is 0 Å². The highest BCUT2D eigenvalue weighted by Gasteiger charge is 2.27. The first-order valence-corrected chi connectivity index (χ1v) is 42.1. The summed E-state index contributed by atoms with van der Waals surface area (Å²) in [7, 11) is 0. The number of para-hydroxylation sites is 7. The number of hydrogen-bond acceptors (Lipinski definition) is 6. The summed E-state index contributed by atoms with van der Waals surface area (Å²) >= 11 is 1.84. The van der Waals surface area contributed by atoms with E-state index in [0.717, 1.165) is 45.2 Å². The first-order valence-electron chi connectivity index (χ1n) is 41.3. The van der Waals surface area contributed by atoms with E-state index in [2.05, 4.69) is 431 Å². The molecular weight excluding hydrogens is 1500 g/mol. The molecule has 0 N–H and O–H groups in total. The fourth-order valence-corrected chi connectivity index (χ4v) is 17.4. The van der Waals surface area contributed by atoms with Crippen molar-refractivity contribution in [2.45, 2.75) is 37.5 Å². The van der Waals surface area contributed by atoms with Crippen molar-refractivity contribution in [1.29, 1.82) is 5.26 Å². The van der Waals surface area contributed by atoms with Gasteiger partial charge in [0.25, 0.3) is 0 Å².